The normalized spacial score (nSPS) is 20.1. The Labute approximate surface area is 146 Å². The maximum absolute atomic E-state index is 12.3. The molecule has 1 saturated heterocycles. The van der Waals surface area contributed by atoms with Gasteiger partial charge in [0.05, 0.1) is 6.10 Å². The fourth-order valence-electron chi connectivity index (χ4n) is 3.32. The number of carbonyl (C=O) groups excluding carboxylic acids is 1. The second kappa shape index (κ2) is 7.27. The molecule has 2 heterocycles. The second-order valence-electron chi connectivity index (χ2n) is 6.73. The Morgan fingerprint density at radius 2 is 2.12 bits per heavy atom. The Bertz CT molecular complexity index is 796. The minimum absolute atomic E-state index is 0.0778. The molecule has 0 radical (unpaired) electrons. The average Bonchev–Trinajstić information content (AvgIpc) is 3.17. The maximum Gasteiger partial charge on any atom is 0.303 e. The molecular weight excluding hydrogens is 320 g/mol. The van der Waals surface area contributed by atoms with Crippen LogP contribution in [0.2, 0.25) is 0 Å². The van der Waals surface area contributed by atoms with Crippen LogP contribution in [0.4, 0.5) is 0 Å². The average molecular weight is 344 g/mol. The van der Waals surface area contributed by atoms with Crippen LogP contribution in [-0.2, 0) is 20.9 Å². The van der Waals surface area contributed by atoms with E-state index in [4.69, 9.17) is 9.84 Å². The number of amides is 1. The van der Waals surface area contributed by atoms with Gasteiger partial charge in [-0.25, -0.2) is 0 Å². The number of rotatable bonds is 6. The summed E-state index contributed by atoms with van der Waals surface area (Å²) in [6.45, 7) is 4.59. The zero-order valence-corrected chi connectivity index (χ0v) is 14.6. The molecule has 0 aliphatic carbocycles. The minimum atomic E-state index is -0.831. The molecule has 1 amide bonds. The van der Waals surface area contributed by atoms with Crippen molar-refractivity contribution in [2.75, 3.05) is 0 Å². The fourth-order valence-corrected chi connectivity index (χ4v) is 3.32. The molecule has 1 aromatic heterocycles. The lowest BCUT2D eigenvalue weighted by Gasteiger charge is -2.13. The second-order valence-corrected chi connectivity index (χ2v) is 6.73. The summed E-state index contributed by atoms with van der Waals surface area (Å²) in [5, 5.41) is 12.8. The molecule has 1 fully saturated rings. The number of carboxylic acid groups (broad SMARTS) is 1. The van der Waals surface area contributed by atoms with Crippen molar-refractivity contribution in [3.8, 4) is 0 Å². The number of carboxylic acids is 1. The predicted molar refractivity (Wildman–Crippen MR) is 94.4 cm³/mol. The molecule has 1 aliphatic heterocycles. The molecular formula is C19H24N2O4. The Morgan fingerprint density at radius 3 is 2.88 bits per heavy atom. The quantitative estimate of drug-likeness (QED) is 0.751. The zero-order valence-electron chi connectivity index (χ0n) is 14.6. The molecule has 2 atom stereocenters. The summed E-state index contributed by atoms with van der Waals surface area (Å²) in [6, 6.07) is 6.13. The lowest BCUT2D eigenvalue weighted by atomic mass is 10.1. The topological polar surface area (TPSA) is 91.4 Å². The van der Waals surface area contributed by atoms with E-state index in [0.717, 1.165) is 23.2 Å². The summed E-state index contributed by atoms with van der Waals surface area (Å²) < 4.78 is 5.67. The van der Waals surface area contributed by atoms with Crippen molar-refractivity contribution in [3.63, 3.8) is 0 Å². The number of benzene rings is 1. The van der Waals surface area contributed by atoms with Crippen LogP contribution in [0.25, 0.3) is 10.9 Å². The number of aromatic amines is 1. The number of fused-ring (bicyclic) bond motifs is 1. The van der Waals surface area contributed by atoms with E-state index in [1.165, 1.54) is 10.9 Å². The van der Waals surface area contributed by atoms with Crippen LogP contribution in [0, 0.1) is 13.8 Å². The number of aryl methyl sites for hydroxylation is 2. The lowest BCUT2D eigenvalue weighted by Crippen LogP contribution is -2.34. The van der Waals surface area contributed by atoms with Gasteiger partial charge in [0, 0.05) is 29.6 Å². The first-order valence-electron chi connectivity index (χ1n) is 8.67. The number of aliphatic carboxylic acids is 1. The minimum Gasteiger partial charge on any atom is -0.481 e. The van der Waals surface area contributed by atoms with Gasteiger partial charge in [0.2, 0.25) is 5.91 Å². The van der Waals surface area contributed by atoms with Crippen LogP contribution >= 0.6 is 0 Å². The van der Waals surface area contributed by atoms with E-state index < -0.39 is 12.1 Å². The van der Waals surface area contributed by atoms with Gasteiger partial charge in [-0.2, -0.15) is 0 Å². The third-order valence-electron chi connectivity index (χ3n) is 4.92. The molecule has 0 bridgehead atoms. The monoisotopic (exact) mass is 344 g/mol. The fraction of sp³-hybridized carbons (Fsp3) is 0.474. The van der Waals surface area contributed by atoms with E-state index in [2.05, 4.69) is 30.2 Å². The Morgan fingerprint density at radius 1 is 1.32 bits per heavy atom. The summed E-state index contributed by atoms with van der Waals surface area (Å²) in [5.74, 6) is -0.956. The van der Waals surface area contributed by atoms with Gasteiger partial charge in [-0.05, 0) is 56.4 Å². The smallest absolute Gasteiger partial charge is 0.303 e. The van der Waals surface area contributed by atoms with Gasteiger partial charge in [0.15, 0.2) is 0 Å². The van der Waals surface area contributed by atoms with Gasteiger partial charge in [0.25, 0.3) is 0 Å². The maximum atomic E-state index is 12.3. The van der Waals surface area contributed by atoms with Crippen molar-refractivity contribution < 1.29 is 19.4 Å². The van der Waals surface area contributed by atoms with Crippen LogP contribution in [0.15, 0.2) is 18.2 Å². The van der Waals surface area contributed by atoms with Crippen molar-refractivity contribution in [2.24, 2.45) is 0 Å². The molecule has 1 aliphatic rings. The van der Waals surface area contributed by atoms with Crippen molar-refractivity contribution >= 4 is 22.8 Å². The van der Waals surface area contributed by atoms with Crippen LogP contribution in [0.3, 0.4) is 0 Å². The van der Waals surface area contributed by atoms with E-state index in [-0.39, 0.29) is 18.4 Å². The summed E-state index contributed by atoms with van der Waals surface area (Å²) in [6.07, 6.45) is 1.31. The van der Waals surface area contributed by atoms with Crippen LogP contribution < -0.4 is 5.32 Å². The van der Waals surface area contributed by atoms with Gasteiger partial charge in [-0.1, -0.05) is 6.07 Å². The first-order chi connectivity index (χ1) is 11.9. The van der Waals surface area contributed by atoms with Gasteiger partial charge in [-0.3, -0.25) is 9.59 Å². The molecule has 0 unspecified atom stereocenters. The van der Waals surface area contributed by atoms with Crippen molar-refractivity contribution in [1.29, 1.82) is 0 Å². The molecule has 1 aromatic carbocycles. The van der Waals surface area contributed by atoms with E-state index in [1.54, 1.807) is 0 Å². The highest BCUT2D eigenvalue weighted by Crippen LogP contribution is 2.24. The molecule has 0 spiro atoms. The number of hydrogen-bond donors (Lipinski definition) is 3. The van der Waals surface area contributed by atoms with Gasteiger partial charge >= 0.3 is 5.97 Å². The number of carbonyl (C=O) groups is 2. The van der Waals surface area contributed by atoms with Gasteiger partial charge < -0.3 is 20.1 Å². The lowest BCUT2D eigenvalue weighted by molar-refractivity contribution is -0.138. The molecule has 3 N–H and O–H groups in total. The first-order valence-corrected chi connectivity index (χ1v) is 8.67. The number of aromatic nitrogens is 1. The zero-order chi connectivity index (χ0) is 18.0. The summed E-state index contributed by atoms with van der Waals surface area (Å²) in [4.78, 5) is 26.2. The highest BCUT2D eigenvalue weighted by atomic mass is 16.5. The van der Waals surface area contributed by atoms with Crippen LogP contribution in [-0.4, -0.2) is 34.2 Å². The molecule has 6 nitrogen and oxygen atoms in total. The molecule has 3 rings (SSSR count). The number of hydrogen-bond acceptors (Lipinski definition) is 3. The summed E-state index contributed by atoms with van der Waals surface area (Å²) in [5.41, 5.74) is 4.53. The SMILES string of the molecule is Cc1[nH]c2ccc(CNC(=O)[C@@H]3CC[C@H](CCC(=O)O)O3)cc2c1C. The van der Waals surface area contributed by atoms with E-state index in [9.17, 15) is 9.59 Å². The molecule has 2 aromatic rings. The standard InChI is InChI=1S/C19H24N2O4/c1-11-12(2)21-16-6-3-13(9-15(11)16)10-20-19(24)17-7-4-14(25-17)5-8-18(22)23/h3,6,9,14,17,21H,4-5,7-8,10H2,1-2H3,(H,20,24)(H,22,23)/t14-,17+/m1/s1. The Hall–Kier alpha value is -2.34. The third kappa shape index (κ3) is 4.02. The van der Waals surface area contributed by atoms with Crippen LogP contribution in [0.1, 0.15) is 42.5 Å². The van der Waals surface area contributed by atoms with Crippen molar-refractivity contribution in [2.45, 2.75) is 58.3 Å². The highest BCUT2D eigenvalue weighted by molar-refractivity contribution is 5.85. The van der Waals surface area contributed by atoms with Gasteiger partial charge in [-0.15, -0.1) is 0 Å². The predicted octanol–water partition coefficient (Wildman–Crippen LogP) is 2.81. The third-order valence-corrected chi connectivity index (χ3v) is 4.92. The molecule has 6 heteroatoms. The first kappa shape index (κ1) is 17.5. The molecule has 0 saturated carbocycles. The highest BCUT2D eigenvalue weighted by Gasteiger charge is 2.30. The largest absolute Gasteiger partial charge is 0.481 e. The van der Waals surface area contributed by atoms with Crippen molar-refractivity contribution in [1.82, 2.24) is 10.3 Å². The van der Waals surface area contributed by atoms with E-state index in [0.29, 0.717) is 19.4 Å². The number of ether oxygens (including phenoxy) is 1. The molecule has 134 valence electrons. The van der Waals surface area contributed by atoms with E-state index in [1.807, 2.05) is 12.1 Å². The van der Waals surface area contributed by atoms with Crippen LogP contribution in [0.5, 0.6) is 0 Å². The Kier molecular flexibility index (Phi) is 5.08. The summed E-state index contributed by atoms with van der Waals surface area (Å²) >= 11 is 0. The van der Waals surface area contributed by atoms with Gasteiger partial charge in [0.1, 0.15) is 6.10 Å². The molecule has 25 heavy (non-hydrogen) atoms. The van der Waals surface area contributed by atoms with E-state index >= 15 is 0 Å². The Balaban J connectivity index is 1.54. The number of H-pyrrole nitrogens is 1. The summed E-state index contributed by atoms with van der Waals surface area (Å²) in [7, 11) is 0. The van der Waals surface area contributed by atoms with Crippen molar-refractivity contribution in [3.05, 3.63) is 35.0 Å². The number of nitrogens with one attached hydrogen (secondary N) is 2.